The summed E-state index contributed by atoms with van der Waals surface area (Å²) < 4.78 is 58.9. The van der Waals surface area contributed by atoms with E-state index >= 15 is 0 Å². The lowest BCUT2D eigenvalue weighted by Gasteiger charge is -2.18. The first-order valence-corrected chi connectivity index (χ1v) is 8.44. The van der Waals surface area contributed by atoms with Gasteiger partial charge in [0.25, 0.3) is 0 Å². The highest BCUT2D eigenvalue weighted by Crippen LogP contribution is 2.37. The second-order valence-electron chi connectivity index (χ2n) is 6.34. The van der Waals surface area contributed by atoms with Gasteiger partial charge in [-0.3, -0.25) is 4.79 Å². The molecule has 144 valence electrons. The second kappa shape index (κ2) is 6.74. The van der Waals surface area contributed by atoms with E-state index in [0.29, 0.717) is 18.5 Å². The number of hydrogen-bond donors (Lipinski definition) is 0. The molecule has 28 heavy (non-hydrogen) atoms. The van der Waals surface area contributed by atoms with Crippen LogP contribution in [-0.4, -0.2) is 22.6 Å². The number of amides is 1. The Morgan fingerprint density at radius 1 is 1.00 bits per heavy atom. The second-order valence-corrected chi connectivity index (χ2v) is 6.34. The zero-order chi connectivity index (χ0) is 19.9. The monoisotopic (exact) mass is 391 g/mol. The van der Waals surface area contributed by atoms with Crippen molar-refractivity contribution in [3.05, 3.63) is 53.8 Å². The van der Waals surface area contributed by atoms with Gasteiger partial charge in [-0.05, 0) is 42.8 Å². The minimum Gasteiger partial charge on any atom is -0.416 e. The smallest absolute Gasteiger partial charge is 0.416 e. The van der Waals surface area contributed by atoms with E-state index in [1.54, 1.807) is 6.07 Å². The van der Waals surface area contributed by atoms with Crippen molar-refractivity contribution in [3.63, 3.8) is 0 Å². The molecule has 1 saturated heterocycles. The van der Waals surface area contributed by atoms with Crippen molar-refractivity contribution >= 4 is 11.6 Å². The molecule has 0 atom stereocenters. The highest BCUT2D eigenvalue weighted by Gasteiger charge is 2.33. The van der Waals surface area contributed by atoms with Crippen LogP contribution in [0.2, 0.25) is 0 Å². The van der Waals surface area contributed by atoms with Crippen molar-refractivity contribution in [1.82, 2.24) is 10.2 Å². The molecule has 0 radical (unpaired) electrons. The van der Waals surface area contributed by atoms with Crippen LogP contribution >= 0.6 is 0 Å². The van der Waals surface area contributed by atoms with E-state index in [1.807, 2.05) is 0 Å². The van der Waals surface area contributed by atoms with Crippen molar-refractivity contribution < 1.29 is 26.8 Å². The van der Waals surface area contributed by atoms with Gasteiger partial charge < -0.3 is 9.32 Å². The Bertz CT molecular complexity index is 1050. The summed E-state index contributed by atoms with van der Waals surface area (Å²) in [5.74, 6) is -0.925. The first kappa shape index (κ1) is 18.1. The molecular formula is C19H13F4N3O2. The Labute approximate surface area is 156 Å². The summed E-state index contributed by atoms with van der Waals surface area (Å²) >= 11 is 0. The molecule has 0 saturated carbocycles. The number of alkyl halides is 3. The summed E-state index contributed by atoms with van der Waals surface area (Å²) in [6.45, 7) is 0.345. The van der Waals surface area contributed by atoms with Crippen molar-refractivity contribution in [3.8, 4) is 22.9 Å². The van der Waals surface area contributed by atoms with Crippen LogP contribution in [0.15, 0.2) is 46.9 Å². The van der Waals surface area contributed by atoms with Crippen LogP contribution in [0.4, 0.5) is 23.2 Å². The molecule has 9 heteroatoms. The van der Waals surface area contributed by atoms with Crippen LogP contribution < -0.4 is 4.90 Å². The first-order valence-electron chi connectivity index (χ1n) is 8.44. The Hall–Kier alpha value is -3.23. The summed E-state index contributed by atoms with van der Waals surface area (Å²) in [4.78, 5) is 13.3. The number of halogens is 4. The molecule has 4 rings (SSSR count). The summed E-state index contributed by atoms with van der Waals surface area (Å²) in [7, 11) is 0. The Balaban J connectivity index is 1.78. The van der Waals surface area contributed by atoms with Crippen LogP contribution in [0.1, 0.15) is 18.4 Å². The van der Waals surface area contributed by atoms with Gasteiger partial charge in [0.05, 0.1) is 5.56 Å². The molecular weight excluding hydrogens is 378 g/mol. The highest BCUT2D eigenvalue weighted by molar-refractivity contribution is 5.96. The van der Waals surface area contributed by atoms with Crippen LogP contribution in [0.25, 0.3) is 22.9 Å². The average molecular weight is 391 g/mol. The van der Waals surface area contributed by atoms with Crippen molar-refractivity contribution in [2.45, 2.75) is 19.0 Å². The third-order valence-corrected chi connectivity index (χ3v) is 4.37. The number of carbonyl (C=O) groups is 1. The van der Waals surface area contributed by atoms with Crippen LogP contribution in [0, 0.1) is 5.82 Å². The maximum absolute atomic E-state index is 13.4. The fourth-order valence-electron chi connectivity index (χ4n) is 3.05. The average Bonchev–Trinajstić information content (AvgIpc) is 3.30. The van der Waals surface area contributed by atoms with Crippen molar-refractivity contribution in [2.75, 3.05) is 11.4 Å². The zero-order valence-corrected chi connectivity index (χ0v) is 14.3. The van der Waals surface area contributed by atoms with Crippen LogP contribution in [0.5, 0.6) is 0 Å². The molecule has 1 fully saturated rings. The molecule has 0 spiro atoms. The van der Waals surface area contributed by atoms with Gasteiger partial charge >= 0.3 is 6.18 Å². The van der Waals surface area contributed by atoms with Crippen LogP contribution in [-0.2, 0) is 11.0 Å². The molecule has 2 heterocycles. The summed E-state index contributed by atoms with van der Waals surface area (Å²) in [5, 5.41) is 7.59. The van der Waals surface area contributed by atoms with Gasteiger partial charge in [-0.15, -0.1) is 10.2 Å². The molecule has 0 bridgehead atoms. The number of aromatic nitrogens is 2. The van der Waals surface area contributed by atoms with E-state index in [4.69, 9.17) is 4.42 Å². The minimum absolute atomic E-state index is 0.0225. The van der Waals surface area contributed by atoms with Gasteiger partial charge in [0.1, 0.15) is 5.82 Å². The number of benzene rings is 2. The van der Waals surface area contributed by atoms with Gasteiger partial charge in [0.15, 0.2) is 0 Å². The molecule has 5 nitrogen and oxygen atoms in total. The van der Waals surface area contributed by atoms with Crippen molar-refractivity contribution in [2.24, 2.45) is 0 Å². The summed E-state index contributed by atoms with van der Waals surface area (Å²) in [6.07, 6.45) is -3.75. The van der Waals surface area contributed by atoms with Crippen molar-refractivity contribution in [1.29, 1.82) is 0 Å². The molecule has 0 N–H and O–H groups in total. The van der Waals surface area contributed by atoms with Gasteiger partial charge in [-0.1, -0.05) is 6.07 Å². The zero-order valence-electron chi connectivity index (χ0n) is 14.3. The molecule has 1 aromatic heterocycles. The van der Waals surface area contributed by atoms with E-state index in [-0.39, 0.29) is 35.4 Å². The maximum Gasteiger partial charge on any atom is 0.416 e. The van der Waals surface area contributed by atoms with Gasteiger partial charge in [-0.2, -0.15) is 13.2 Å². The third-order valence-electron chi connectivity index (χ3n) is 4.37. The predicted octanol–water partition coefficient (Wildman–Crippen LogP) is 4.69. The van der Waals surface area contributed by atoms with E-state index in [9.17, 15) is 22.4 Å². The first-order chi connectivity index (χ1) is 13.3. The van der Waals surface area contributed by atoms with E-state index in [0.717, 1.165) is 12.1 Å². The molecule has 0 unspecified atom stereocenters. The summed E-state index contributed by atoms with van der Waals surface area (Å²) in [5.41, 5.74) is -0.469. The Kier molecular flexibility index (Phi) is 4.37. The maximum atomic E-state index is 13.4. The van der Waals surface area contributed by atoms with Gasteiger partial charge in [0, 0.05) is 29.8 Å². The highest BCUT2D eigenvalue weighted by atomic mass is 19.4. The quantitative estimate of drug-likeness (QED) is 0.608. The predicted molar refractivity (Wildman–Crippen MR) is 91.7 cm³/mol. The topological polar surface area (TPSA) is 59.2 Å². The Morgan fingerprint density at radius 3 is 2.39 bits per heavy atom. The van der Waals surface area contributed by atoms with Crippen LogP contribution in [0.3, 0.4) is 0 Å². The fraction of sp³-hybridized carbons (Fsp3) is 0.211. The molecule has 1 aliphatic heterocycles. The van der Waals surface area contributed by atoms with E-state index in [2.05, 4.69) is 10.2 Å². The van der Waals surface area contributed by atoms with E-state index < -0.39 is 17.6 Å². The lowest BCUT2D eigenvalue weighted by atomic mass is 10.1. The number of hydrogen-bond acceptors (Lipinski definition) is 4. The number of nitrogens with zero attached hydrogens (tertiary/aromatic N) is 3. The summed E-state index contributed by atoms with van der Waals surface area (Å²) in [6, 6.07) is 8.63. The third kappa shape index (κ3) is 3.47. The van der Waals surface area contributed by atoms with Gasteiger partial charge in [0.2, 0.25) is 17.7 Å². The molecule has 3 aromatic rings. The minimum atomic E-state index is -4.61. The standard InChI is InChI=1S/C19H13F4N3O2/c20-14-4-1-3-11(8-14)17-24-25-18(28-17)12-7-13(19(21,22)23)10-15(9-12)26-6-2-5-16(26)27/h1,3-4,7-10H,2,5-6H2. The molecule has 1 aliphatic rings. The normalized spacial score (nSPS) is 14.7. The molecule has 1 amide bonds. The van der Waals surface area contributed by atoms with Gasteiger partial charge in [-0.25, -0.2) is 4.39 Å². The molecule has 0 aliphatic carbocycles. The lowest BCUT2D eigenvalue weighted by Crippen LogP contribution is -2.24. The number of carbonyl (C=O) groups excluding carboxylic acids is 1. The Morgan fingerprint density at radius 2 is 1.75 bits per heavy atom. The SMILES string of the molecule is O=C1CCCN1c1cc(-c2nnc(-c3cccc(F)c3)o2)cc(C(F)(F)F)c1. The lowest BCUT2D eigenvalue weighted by molar-refractivity contribution is -0.137. The largest absolute Gasteiger partial charge is 0.416 e. The number of anilines is 1. The number of rotatable bonds is 3. The molecule has 2 aromatic carbocycles. The fourth-order valence-corrected chi connectivity index (χ4v) is 3.05. The van der Waals surface area contributed by atoms with E-state index in [1.165, 1.54) is 29.2 Å².